The van der Waals surface area contributed by atoms with E-state index in [2.05, 4.69) is 25.5 Å². The number of carbonyl (C=O) groups excluding carboxylic acids is 1. The van der Waals surface area contributed by atoms with Crippen molar-refractivity contribution in [3.05, 3.63) is 58.0 Å². The van der Waals surface area contributed by atoms with Gasteiger partial charge in [0, 0.05) is 33.0 Å². The van der Waals surface area contributed by atoms with E-state index in [1.54, 1.807) is 6.20 Å². The van der Waals surface area contributed by atoms with Gasteiger partial charge >= 0.3 is 0 Å². The molecule has 4 heteroatoms. The van der Waals surface area contributed by atoms with Crippen molar-refractivity contribution in [1.82, 2.24) is 9.55 Å². The van der Waals surface area contributed by atoms with Gasteiger partial charge in [0.1, 0.15) is 0 Å². The third-order valence-electron chi connectivity index (χ3n) is 3.49. The summed E-state index contributed by atoms with van der Waals surface area (Å²) in [5.74, 6) is 0. The molecular weight excluding hydrogens is 316 g/mol. The van der Waals surface area contributed by atoms with Crippen molar-refractivity contribution in [3.63, 3.8) is 0 Å². The Kier molecular flexibility index (Phi) is 3.18. The monoisotopic (exact) mass is 328 g/mol. The van der Waals surface area contributed by atoms with Gasteiger partial charge in [0.15, 0.2) is 6.29 Å². The third-order valence-corrected chi connectivity index (χ3v) is 3.93. The maximum Gasteiger partial charge on any atom is 0.151 e. The maximum atomic E-state index is 11.1. The number of para-hydroxylation sites is 1. The van der Waals surface area contributed by atoms with Gasteiger partial charge in [0.2, 0.25) is 0 Å². The van der Waals surface area contributed by atoms with Gasteiger partial charge in [-0.1, -0.05) is 12.1 Å². The topological polar surface area (TPSA) is 34.9 Å². The second kappa shape index (κ2) is 4.87. The molecule has 3 rings (SSSR count). The molecule has 0 aliphatic heterocycles. The molecule has 0 radical (unpaired) electrons. The van der Waals surface area contributed by atoms with Crippen LogP contribution in [-0.2, 0) is 0 Å². The van der Waals surface area contributed by atoms with Crippen LogP contribution in [0.15, 0.2) is 41.0 Å². The lowest BCUT2D eigenvalue weighted by Crippen LogP contribution is -2.01. The zero-order chi connectivity index (χ0) is 14.3. The molecule has 0 spiro atoms. The molecule has 1 aromatic carbocycles. The molecule has 0 saturated carbocycles. The van der Waals surface area contributed by atoms with Crippen molar-refractivity contribution in [3.8, 4) is 5.69 Å². The fraction of sp³-hybridized carbons (Fsp3) is 0.125. The third kappa shape index (κ3) is 1.96. The van der Waals surface area contributed by atoms with Crippen LogP contribution < -0.4 is 0 Å². The molecule has 0 N–H and O–H groups in total. The zero-order valence-corrected chi connectivity index (χ0v) is 12.8. The zero-order valence-electron chi connectivity index (χ0n) is 11.2. The van der Waals surface area contributed by atoms with Gasteiger partial charge < -0.3 is 4.57 Å². The van der Waals surface area contributed by atoms with Gasteiger partial charge in [-0.3, -0.25) is 9.78 Å². The summed E-state index contributed by atoms with van der Waals surface area (Å²) in [4.78, 5) is 15.6. The Balaban J connectivity index is 2.35. The number of pyridine rings is 1. The number of halogens is 1. The molecule has 2 heterocycles. The Morgan fingerprint density at radius 2 is 2.05 bits per heavy atom. The van der Waals surface area contributed by atoms with Gasteiger partial charge in [-0.15, -0.1) is 0 Å². The lowest BCUT2D eigenvalue weighted by molar-refractivity contribution is 0.112. The molecule has 3 nitrogen and oxygen atoms in total. The van der Waals surface area contributed by atoms with Crippen LogP contribution in [0.3, 0.4) is 0 Å². The molecule has 0 fully saturated rings. The summed E-state index contributed by atoms with van der Waals surface area (Å²) in [6.07, 6.45) is 2.69. The van der Waals surface area contributed by atoms with Crippen LogP contribution in [0, 0.1) is 13.8 Å². The molecule has 100 valence electrons. The van der Waals surface area contributed by atoms with Crippen LogP contribution in [0.4, 0.5) is 0 Å². The Bertz CT molecular complexity index is 821. The number of aryl methyl sites for hydroxylation is 1. The van der Waals surface area contributed by atoms with Crippen LogP contribution in [-0.4, -0.2) is 15.8 Å². The summed E-state index contributed by atoms with van der Waals surface area (Å²) < 4.78 is 3.03. The molecule has 0 saturated heterocycles. The van der Waals surface area contributed by atoms with Crippen LogP contribution in [0.1, 0.15) is 21.7 Å². The quantitative estimate of drug-likeness (QED) is 0.660. The highest BCUT2D eigenvalue weighted by molar-refractivity contribution is 9.10. The van der Waals surface area contributed by atoms with Crippen molar-refractivity contribution in [2.75, 3.05) is 0 Å². The van der Waals surface area contributed by atoms with E-state index in [1.807, 2.05) is 44.2 Å². The molecule has 0 aliphatic carbocycles. The number of benzene rings is 1. The summed E-state index contributed by atoms with van der Waals surface area (Å²) in [6, 6.07) is 10.0. The lowest BCUT2D eigenvalue weighted by atomic mass is 10.2. The van der Waals surface area contributed by atoms with Crippen LogP contribution in [0.2, 0.25) is 0 Å². The van der Waals surface area contributed by atoms with Crippen LogP contribution in [0.25, 0.3) is 16.6 Å². The average molecular weight is 329 g/mol. The molecular formula is C16H13BrN2O. The lowest BCUT2D eigenvalue weighted by Gasteiger charge is -2.12. The first-order valence-electron chi connectivity index (χ1n) is 6.30. The number of hydrogen-bond acceptors (Lipinski definition) is 2. The van der Waals surface area contributed by atoms with Crippen molar-refractivity contribution < 1.29 is 4.79 Å². The molecule has 0 unspecified atom stereocenters. The first kappa shape index (κ1) is 13.1. The highest BCUT2D eigenvalue weighted by Gasteiger charge is 2.13. The van der Waals surface area contributed by atoms with E-state index in [4.69, 9.17) is 0 Å². The largest absolute Gasteiger partial charge is 0.316 e. The molecule has 0 bridgehead atoms. The molecule has 0 aliphatic rings. The number of aromatic nitrogens is 2. The smallest absolute Gasteiger partial charge is 0.151 e. The summed E-state index contributed by atoms with van der Waals surface area (Å²) in [6.45, 7) is 3.95. The SMILES string of the molecule is Cc1cc(C=O)c(C)n1-c1cccc2cc(Br)cnc12. The number of carbonyl (C=O) groups is 1. The highest BCUT2D eigenvalue weighted by atomic mass is 79.9. The standard InChI is InChI=1S/C16H13BrN2O/c1-10-6-13(9-20)11(2)19(10)15-5-3-4-12-7-14(17)8-18-16(12)15/h3-9H,1-2H3. The second-order valence-corrected chi connectivity index (χ2v) is 5.70. The Morgan fingerprint density at radius 1 is 1.25 bits per heavy atom. The predicted molar refractivity (Wildman–Crippen MR) is 83.6 cm³/mol. The van der Waals surface area contributed by atoms with E-state index in [0.717, 1.165) is 44.3 Å². The highest BCUT2D eigenvalue weighted by Crippen LogP contribution is 2.27. The van der Waals surface area contributed by atoms with Gasteiger partial charge in [0.05, 0.1) is 11.2 Å². The summed E-state index contributed by atoms with van der Waals surface area (Å²) in [5, 5.41) is 1.07. The fourth-order valence-electron chi connectivity index (χ4n) is 2.58. The Morgan fingerprint density at radius 3 is 2.75 bits per heavy atom. The normalized spacial score (nSPS) is 10.9. The molecule has 20 heavy (non-hydrogen) atoms. The number of nitrogens with zero attached hydrogens (tertiary/aromatic N) is 2. The minimum Gasteiger partial charge on any atom is -0.316 e. The van der Waals surface area contributed by atoms with Gasteiger partial charge in [-0.2, -0.15) is 0 Å². The van der Waals surface area contributed by atoms with E-state index in [-0.39, 0.29) is 0 Å². The number of rotatable bonds is 2. The minimum atomic E-state index is 0.719. The Labute approximate surface area is 125 Å². The first-order chi connectivity index (χ1) is 9.61. The van der Waals surface area contributed by atoms with E-state index in [0.29, 0.717) is 0 Å². The summed E-state index contributed by atoms with van der Waals surface area (Å²) >= 11 is 3.44. The maximum absolute atomic E-state index is 11.1. The van der Waals surface area contributed by atoms with E-state index in [1.165, 1.54) is 0 Å². The van der Waals surface area contributed by atoms with Crippen molar-refractivity contribution >= 4 is 33.1 Å². The minimum absolute atomic E-state index is 0.719. The number of hydrogen-bond donors (Lipinski definition) is 0. The van der Waals surface area contributed by atoms with Gasteiger partial charge in [0.25, 0.3) is 0 Å². The van der Waals surface area contributed by atoms with Gasteiger partial charge in [-0.05, 0) is 48.0 Å². The summed E-state index contributed by atoms with van der Waals surface area (Å²) in [5.41, 5.74) is 4.61. The molecule has 0 atom stereocenters. The van der Waals surface area contributed by atoms with E-state index >= 15 is 0 Å². The summed E-state index contributed by atoms with van der Waals surface area (Å²) in [7, 11) is 0. The Hall–Kier alpha value is -1.94. The van der Waals surface area contributed by atoms with Crippen molar-refractivity contribution in [2.24, 2.45) is 0 Å². The molecule has 0 amide bonds. The average Bonchev–Trinajstić information content (AvgIpc) is 2.72. The fourth-order valence-corrected chi connectivity index (χ4v) is 2.92. The van der Waals surface area contributed by atoms with Crippen LogP contribution in [0.5, 0.6) is 0 Å². The first-order valence-corrected chi connectivity index (χ1v) is 7.10. The number of aldehydes is 1. The van der Waals surface area contributed by atoms with Crippen LogP contribution >= 0.6 is 15.9 Å². The second-order valence-electron chi connectivity index (χ2n) is 4.78. The predicted octanol–water partition coefficient (Wildman–Crippen LogP) is 4.22. The van der Waals surface area contributed by atoms with Crippen molar-refractivity contribution in [1.29, 1.82) is 0 Å². The molecule has 2 aromatic heterocycles. The van der Waals surface area contributed by atoms with E-state index in [9.17, 15) is 4.79 Å². The van der Waals surface area contributed by atoms with Gasteiger partial charge in [-0.25, -0.2) is 0 Å². The van der Waals surface area contributed by atoms with E-state index < -0.39 is 0 Å². The molecule has 3 aromatic rings. The number of fused-ring (bicyclic) bond motifs is 1. The van der Waals surface area contributed by atoms with Crippen molar-refractivity contribution in [2.45, 2.75) is 13.8 Å².